The molecule has 2 N–H and O–H groups in total. The van der Waals surface area contributed by atoms with E-state index in [1.807, 2.05) is 18.2 Å². The standard InChI is InChI=1S/C22H24N2O7/c1-12-16-19(31-23-12)18(24(2)3)17-14(9-10-15(25)22(17,28)20(16)26)30-21(27)29-11-13-7-5-4-6-8-13/h4-10,14-15,17-18,25,28H,11H2,1-3H3/t14-,15+,17-,18-,22+/m0/s1. The third-order valence-electron chi connectivity index (χ3n) is 5.87. The Morgan fingerprint density at radius 3 is 2.65 bits per heavy atom. The van der Waals surface area contributed by atoms with Crippen molar-refractivity contribution in [1.82, 2.24) is 10.1 Å². The fraction of sp³-hybridized carbons (Fsp3) is 0.409. The number of carbonyl (C=O) groups excluding carboxylic acids is 2. The van der Waals surface area contributed by atoms with Crippen LogP contribution in [0.2, 0.25) is 0 Å². The second-order valence-corrected chi connectivity index (χ2v) is 8.03. The second kappa shape index (κ2) is 7.92. The van der Waals surface area contributed by atoms with E-state index >= 15 is 0 Å². The number of benzene rings is 1. The van der Waals surface area contributed by atoms with Gasteiger partial charge in [-0.05, 0) is 32.7 Å². The lowest BCUT2D eigenvalue weighted by Crippen LogP contribution is -2.65. The van der Waals surface area contributed by atoms with Gasteiger partial charge in [0.2, 0.25) is 5.78 Å². The first-order chi connectivity index (χ1) is 14.7. The van der Waals surface area contributed by atoms with Gasteiger partial charge >= 0.3 is 6.16 Å². The fourth-order valence-electron chi connectivity index (χ4n) is 4.39. The van der Waals surface area contributed by atoms with Gasteiger partial charge in [0.05, 0.1) is 23.2 Å². The summed E-state index contributed by atoms with van der Waals surface area (Å²) in [5.41, 5.74) is -0.985. The van der Waals surface area contributed by atoms with E-state index in [1.165, 1.54) is 12.2 Å². The predicted molar refractivity (Wildman–Crippen MR) is 107 cm³/mol. The molecule has 0 unspecified atom stereocenters. The van der Waals surface area contributed by atoms with Crippen LogP contribution >= 0.6 is 0 Å². The van der Waals surface area contributed by atoms with Crippen LogP contribution in [-0.4, -0.2) is 64.1 Å². The predicted octanol–water partition coefficient (Wildman–Crippen LogP) is 1.78. The Morgan fingerprint density at radius 1 is 1.26 bits per heavy atom. The summed E-state index contributed by atoms with van der Waals surface area (Å²) in [4.78, 5) is 27.4. The summed E-state index contributed by atoms with van der Waals surface area (Å²) in [6, 6.07) is 8.41. The van der Waals surface area contributed by atoms with Crippen LogP contribution < -0.4 is 0 Å². The van der Waals surface area contributed by atoms with E-state index in [9.17, 15) is 19.8 Å². The number of carbonyl (C=O) groups is 2. The van der Waals surface area contributed by atoms with Crippen molar-refractivity contribution < 1.29 is 33.8 Å². The van der Waals surface area contributed by atoms with Crippen molar-refractivity contribution in [1.29, 1.82) is 0 Å². The third-order valence-corrected chi connectivity index (χ3v) is 5.87. The molecule has 0 bridgehead atoms. The molecule has 0 fully saturated rings. The molecule has 0 amide bonds. The molecule has 1 aromatic heterocycles. The fourth-order valence-corrected chi connectivity index (χ4v) is 4.39. The van der Waals surface area contributed by atoms with Crippen molar-refractivity contribution in [3.63, 3.8) is 0 Å². The number of nitrogens with zero attached hydrogens (tertiary/aromatic N) is 2. The van der Waals surface area contributed by atoms with Crippen molar-refractivity contribution in [2.24, 2.45) is 5.92 Å². The number of ether oxygens (including phenoxy) is 2. The van der Waals surface area contributed by atoms with Crippen LogP contribution in [0.3, 0.4) is 0 Å². The number of fused-ring (bicyclic) bond motifs is 2. The van der Waals surface area contributed by atoms with Gasteiger partial charge in [0, 0.05) is 0 Å². The topological polar surface area (TPSA) is 122 Å². The molecule has 0 radical (unpaired) electrons. The second-order valence-electron chi connectivity index (χ2n) is 8.03. The molecule has 4 rings (SSSR count). The first-order valence-electron chi connectivity index (χ1n) is 9.88. The number of ketones is 1. The van der Waals surface area contributed by atoms with E-state index < -0.39 is 41.7 Å². The number of hydrogen-bond acceptors (Lipinski definition) is 9. The summed E-state index contributed by atoms with van der Waals surface area (Å²) in [5, 5.41) is 25.9. The zero-order valence-electron chi connectivity index (χ0n) is 17.4. The molecule has 1 heterocycles. The molecule has 9 heteroatoms. The van der Waals surface area contributed by atoms with E-state index in [-0.39, 0.29) is 17.9 Å². The highest BCUT2D eigenvalue weighted by Crippen LogP contribution is 2.49. The van der Waals surface area contributed by atoms with Gasteiger partial charge in [0.1, 0.15) is 18.8 Å². The Morgan fingerprint density at radius 2 is 1.97 bits per heavy atom. The first-order valence-corrected chi connectivity index (χ1v) is 9.88. The SMILES string of the molecule is Cc1noc2c1C(=O)[C@]1(O)[C@@H]([C@@H](OC(=O)OCc3ccccc3)C=C[C@H]1O)[C@@H]2N(C)C. The average molecular weight is 428 g/mol. The monoisotopic (exact) mass is 428 g/mol. The summed E-state index contributed by atoms with van der Waals surface area (Å²) < 4.78 is 16.1. The van der Waals surface area contributed by atoms with Crippen LogP contribution in [0.15, 0.2) is 47.0 Å². The normalized spacial score (nSPS) is 29.4. The summed E-state index contributed by atoms with van der Waals surface area (Å²) in [6.45, 7) is 1.60. The van der Waals surface area contributed by atoms with E-state index in [0.717, 1.165) is 5.56 Å². The van der Waals surface area contributed by atoms with Crippen LogP contribution in [0, 0.1) is 12.8 Å². The van der Waals surface area contributed by atoms with Crippen molar-refractivity contribution >= 4 is 11.9 Å². The molecule has 2 aliphatic rings. The lowest BCUT2D eigenvalue weighted by atomic mass is 9.63. The van der Waals surface area contributed by atoms with E-state index in [4.69, 9.17) is 14.0 Å². The van der Waals surface area contributed by atoms with Gasteiger partial charge in [0.15, 0.2) is 11.4 Å². The molecule has 1 aromatic carbocycles. The highest BCUT2D eigenvalue weighted by atomic mass is 16.7. The summed E-state index contributed by atoms with van der Waals surface area (Å²) in [5.74, 6) is -1.50. The van der Waals surface area contributed by atoms with Gasteiger partial charge < -0.3 is 24.2 Å². The molecule has 2 aliphatic carbocycles. The lowest BCUT2D eigenvalue weighted by molar-refractivity contribution is -0.133. The zero-order valence-corrected chi connectivity index (χ0v) is 17.4. The van der Waals surface area contributed by atoms with Gasteiger partial charge in [0.25, 0.3) is 0 Å². The Bertz CT molecular complexity index is 1020. The van der Waals surface area contributed by atoms with Crippen LogP contribution in [0.25, 0.3) is 0 Å². The summed E-state index contributed by atoms with van der Waals surface area (Å²) in [7, 11) is 3.47. The minimum absolute atomic E-state index is 0.00908. The molecule has 0 aliphatic heterocycles. The van der Waals surface area contributed by atoms with Crippen LogP contribution in [0.4, 0.5) is 4.79 Å². The van der Waals surface area contributed by atoms with Crippen LogP contribution in [0.5, 0.6) is 0 Å². The molecule has 5 atom stereocenters. The highest BCUT2D eigenvalue weighted by Gasteiger charge is 2.63. The molecule has 0 saturated carbocycles. The van der Waals surface area contributed by atoms with Crippen LogP contribution in [0.1, 0.15) is 33.4 Å². The minimum atomic E-state index is -2.22. The summed E-state index contributed by atoms with van der Waals surface area (Å²) in [6.07, 6.45) is -0.793. The van der Waals surface area contributed by atoms with Crippen LogP contribution in [-0.2, 0) is 16.1 Å². The van der Waals surface area contributed by atoms with Gasteiger partial charge in [-0.1, -0.05) is 41.6 Å². The van der Waals surface area contributed by atoms with E-state index in [0.29, 0.717) is 5.69 Å². The van der Waals surface area contributed by atoms with Crippen molar-refractivity contribution in [3.8, 4) is 0 Å². The smallest absolute Gasteiger partial charge is 0.429 e. The Kier molecular flexibility index (Phi) is 5.42. The number of hydrogen-bond donors (Lipinski definition) is 2. The van der Waals surface area contributed by atoms with Crippen molar-refractivity contribution in [2.75, 3.05) is 14.1 Å². The van der Waals surface area contributed by atoms with E-state index in [1.54, 1.807) is 38.1 Å². The third kappa shape index (κ3) is 3.44. The van der Waals surface area contributed by atoms with Gasteiger partial charge in [-0.15, -0.1) is 0 Å². The number of aliphatic hydroxyl groups excluding tert-OH is 1. The maximum Gasteiger partial charge on any atom is 0.509 e. The highest BCUT2D eigenvalue weighted by molar-refractivity contribution is 6.06. The number of rotatable bonds is 4. The Hall–Kier alpha value is -3.01. The first kappa shape index (κ1) is 21.2. The zero-order chi connectivity index (χ0) is 22.3. The molecule has 9 nitrogen and oxygen atoms in total. The van der Waals surface area contributed by atoms with Gasteiger partial charge in [-0.2, -0.15) is 0 Å². The maximum atomic E-state index is 13.2. The van der Waals surface area contributed by atoms with Gasteiger partial charge in [-0.3, -0.25) is 9.69 Å². The molecule has 0 spiro atoms. The number of aryl methyl sites for hydroxylation is 1. The number of aliphatic hydroxyl groups is 2. The van der Waals surface area contributed by atoms with E-state index in [2.05, 4.69) is 5.16 Å². The molecular weight excluding hydrogens is 404 g/mol. The quantitative estimate of drug-likeness (QED) is 0.554. The van der Waals surface area contributed by atoms with Crippen molar-refractivity contribution in [3.05, 3.63) is 65.1 Å². The largest absolute Gasteiger partial charge is 0.509 e. The van der Waals surface area contributed by atoms with Crippen molar-refractivity contribution in [2.45, 2.75) is 37.4 Å². The number of Topliss-reactive ketones (excluding diaryl/α,β-unsaturated/α-hetero) is 1. The minimum Gasteiger partial charge on any atom is -0.429 e. The molecular formula is C22H24N2O7. The molecule has 31 heavy (non-hydrogen) atoms. The molecule has 164 valence electrons. The lowest BCUT2D eigenvalue weighted by Gasteiger charge is -2.49. The Balaban J connectivity index is 1.65. The molecule has 2 aromatic rings. The average Bonchev–Trinajstić information content (AvgIpc) is 3.12. The summed E-state index contributed by atoms with van der Waals surface area (Å²) >= 11 is 0. The Labute approximate surface area is 178 Å². The maximum absolute atomic E-state index is 13.2. The number of aromatic nitrogens is 1. The van der Waals surface area contributed by atoms with Gasteiger partial charge in [-0.25, -0.2) is 4.79 Å². The molecule has 0 saturated heterocycles.